The highest BCUT2D eigenvalue weighted by Gasteiger charge is 2.33. The molecule has 0 amide bonds. The molecule has 3 atom stereocenters. The molecule has 0 aromatic rings. The lowest BCUT2D eigenvalue weighted by Crippen LogP contribution is -2.49. The SMILES string of the molecule is C[C@@H]1C[C@H]2CCC[C@@H](C1)N2C. The first-order chi connectivity index (χ1) is 5.27. The van der Waals surface area contributed by atoms with Gasteiger partial charge in [0.1, 0.15) is 0 Å². The van der Waals surface area contributed by atoms with Crippen LogP contribution in [0, 0.1) is 5.92 Å². The lowest BCUT2D eigenvalue weighted by atomic mass is 9.80. The highest BCUT2D eigenvalue weighted by atomic mass is 15.2. The van der Waals surface area contributed by atoms with Gasteiger partial charge in [0.15, 0.2) is 0 Å². The number of fused-ring (bicyclic) bond motifs is 2. The lowest BCUT2D eigenvalue weighted by molar-refractivity contribution is 0.0415. The molecule has 64 valence electrons. The molecule has 1 heteroatoms. The van der Waals surface area contributed by atoms with Crippen molar-refractivity contribution in [1.29, 1.82) is 0 Å². The fraction of sp³-hybridized carbons (Fsp3) is 1.00. The third-order valence-electron chi connectivity index (χ3n) is 3.58. The van der Waals surface area contributed by atoms with Gasteiger partial charge in [-0.05, 0) is 38.6 Å². The van der Waals surface area contributed by atoms with Gasteiger partial charge in [-0.25, -0.2) is 0 Å². The summed E-state index contributed by atoms with van der Waals surface area (Å²) in [5.74, 6) is 0.987. The van der Waals surface area contributed by atoms with E-state index in [1.165, 1.54) is 32.1 Å². The first-order valence-corrected chi connectivity index (χ1v) is 4.99. The molecule has 0 aromatic heterocycles. The zero-order valence-corrected chi connectivity index (χ0v) is 7.71. The van der Waals surface area contributed by atoms with Gasteiger partial charge in [-0.15, -0.1) is 0 Å². The van der Waals surface area contributed by atoms with E-state index in [4.69, 9.17) is 0 Å². The third-order valence-corrected chi connectivity index (χ3v) is 3.58. The number of hydrogen-bond acceptors (Lipinski definition) is 1. The number of piperidine rings is 2. The van der Waals surface area contributed by atoms with E-state index >= 15 is 0 Å². The molecular formula is C10H19N. The summed E-state index contributed by atoms with van der Waals surface area (Å²) in [7, 11) is 2.32. The lowest BCUT2D eigenvalue weighted by Gasteiger charge is -2.46. The van der Waals surface area contributed by atoms with Crippen molar-refractivity contribution in [3.63, 3.8) is 0 Å². The summed E-state index contributed by atoms with van der Waals surface area (Å²) in [6, 6.07) is 1.86. The minimum atomic E-state index is 0.928. The Morgan fingerprint density at radius 3 is 2.18 bits per heavy atom. The van der Waals surface area contributed by atoms with Crippen molar-refractivity contribution in [2.24, 2.45) is 5.92 Å². The van der Waals surface area contributed by atoms with Crippen LogP contribution in [0.1, 0.15) is 39.0 Å². The Labute approximate surface area is 69.8 Å². The zero-order chi connectivity index (χ0) is 7.84. The first kappa shape index (κ1) is 7.60. The van der Waals surface area contributed by atoms with Crippen LogP contribution in [0.2, 0.25) is 0 Å². The van der Waals surface area contributed by atoms with E-state index in [0.29, 0.717) is 0 Å². The summed E-state index contributed by atoms with van der Waals surface area (Å²) < 4.78 is 0. The predicted molar refractivity (Wildman–Crippen MR) is 47.6 cm³/mol. The Bertz CT molecular complexity index is 130. The van der Waals surface area contributed by atoms with Crippen LogP contribution in [0.3, 0.4) is 0 Å². The Morgan fingerprint density at radius 1 is 1.09 bits per heavy atom. The monoisotopic (exact) mass is 153 g/mol. The average Bonchev–Trinajstić information content (AvgIpc) is 1.92. The van der Waals surface area contributed by atoms with E-state index in [1.807, 2.05) is 0 Å². The van der Waals surface area contributed by atoms with Crippen molar-refractivity contribution in [1.82, 2.24) is 4.90 Å². The van der Waals surface area contributed by atoms with E-state index < -0.39 is 0 Å². The van der Waals surface area contributed by atoms with E-state index in [9.17, 15) is 0 Å². The quantitative estimate of drug-likeness (QED) is 0.516. The Balaban J connectivity index is 2.07. The molecule has 0 aromatic carbocycles. The largest absolute Gasteiger partial charge is 0.300 e. The van der Waals surface area contributed by atoms with Gasteiger partial charge >= 0.3 is 0 Å². The summed E-state index contributed by atoms with van der Waals surface area (Å²) in [4.78, 5) is 2.63. The van der Waals surface area contributed by atoms with Gasteiger partial charge in [0, 0.05) is 12.1 Å². The first-order valence-electron chi connectivity index (χ1n) is 4.99. The summed E-state index contributed by atoms with van der Waals surface area (Å²) in [6.45, 7) is 2.42. The van der Waals surface area contributed by atoms with E-state index in [1.54, 1.807) is 0 Å². The number of nitrogens with zero attached hydrogens (tertiary/aromatic N) is 1. The van der Waals surface area contributed by atoms with Crippen LogP contribution in [0.15, 0.2) is 0 Å². The van der Waals surface area contributed by atoms with Gasteiger partial charge in [-0.3, -0.25) is 0 Å². The highest BCUT2D eigenvalue weighted by Crippen LogP contribution is 2.35. The fourth-order valence-electron chi connectivity index (χ4n) is 2.89. The maximum Gasteiger partial charge on any atom is 0.00977 e. The number of hydrogen-bond donors (Lipinski definition) is 0. The second-order valence-electron chi connectivity index (χ2n) is 4.48. The van der Waals surface area contributed by atoms with Crippen LogP contribution in [0.25, 0.3) is 0 Å². The molecule has 1 nitrogen and oxygen atoms in total. The van der Waals surface area contributed by atoms with Crippen LogP contribution in [0.5, 0.6) is 0 Å². The highest BCUT2D eigenvalue weighted by molar-refractivity contribution is 4.89. The van der Waals surface area contributed by atoms with Crippen molar-refractivity contribution >= 4 is 0 Å². The van der Waals surface area contributed by atoms with E-state index in [0.717, 1.165) is 18.0 Å². The summed E-state index contributed by atoms with van der Waals surface area (Å²) in [6.07, 6.45) is 7.29. The second kappa shape index (κ2) is 2.78. The van der Waals surface area contributed by atoms with Crippen molar-refractivity contribution in [3.05, 3.63) is 0 Å². The maximum absolute atomic E-state index is 2.63. The van der Waals surface area contributed by atoms with Crippen LogP contribution in [0.4, 0.5) is 0 Å². The van der Waals surface area contributed by atoms with Gasteiger partial charge in [-0.2, -0.15) is 0 Å². The minimum Gasteiger partial charge on any atom is -0.300 e. The smallest absolute Gasteiger partial charge is 0.00977 e. The molecule has 2 saturated heterocycles. The topological polar surface area (TPSA) is 3.24 Å². The van der Waals surface area contributed by atoms with Crippen LogP contribution in [-0.2, 0) is 0 Å². The molecule has 2 aliphatic heterocycles. The number of rotatable bonds is 0. The molecule has 2 bridgehead atoms. The molecular weight excluding hydrogens is 134 g/mol. The minimum absolute atomic E-state index is 0.928. The molecule has 0 saturated carbocycles. The average molecular weight is 153 g/mol. The molecule has 2 rings (SSSR count). The van der Waals surface area contributed by atoms with Crippen molar-refractivity contribution in [3.8, 4) is 0 Å². The molecule has 0 N–H and O–H groups in total. The van der Waals surface area contributed by atoms with Gasteiger partial charge < -0.3 is 4.90 Å². The van der Waals surface area contributed by atoms with Crippen LogP contribution < -0.4 is 0 Å². The predicted octanol–water partition coefficient (Wildman–Crippen LogP) is 2.27. The van der Waals surface area contributed by atoms with Crippen LogP contribution >= 0.6 is 0 Å². The van der Waals surface area contributed by atoms with E-state index in [2.05, 4.69) is 18.9 Å². The molecule has 0 spiro atoms. The summed E-state index contributed by atoms with van der Waals surface area (Å²) >= 11 is 0. The second-order valence-corrected chi connectivity index (χ2v) is 4.48. The van der Waals surface area contributed by atoms with Gasteiger partial charge in [0.05, 0.1) is 0 Å². The van der Waals surface area contributed by atoms with Crippen molar-refractivity contribution in [2.45, 2.75) is 51.1 Å². The van der Waals surface area contributed by atoms with Crippen molar-refractivity contribution in [2.75, 3.05) is 7.05 Å². The molecule has 0 unspecified atom stereocenters. The normalized spacial score (nSPS) is 45.8. The van der Waals surface area contributed by atoms with Crippen molar-refractivity contribution < 1.29 is 0 Å². The molecule has 0 aliphatic carbocycles. The van der Waals surface area contributed by atoms with Gasteiger partial charge in [0.2, 0.25) is 0 Å². The Kier molecular flexibility index (Phi) is 1.92. The van der Waals surface area contributed by atoms with Gasteiger partial charge in [0.25, 0.3) is 0 Å². The van der Waals surface area contributed by atoms with Crippen LogP contribution in [-0.4, -0.2) is 24.0 Å². The summed E-state index contributed by atoms with van der Waals surface area (Å²) in [5.41, 5.74) is 0. The standard InChI is InChI=1S/C10H19N/c1-8-6-9-4-3-5-10(7-8)11(9)2/h8-10H,3-7H2,1-2H3/t8-,9-,10+. The Hall–Kier alpha value is -0.0400. The molecule has 2 aliphatic rings. The van der Waals surface area contributed by atoms with E-state index in [-0.39, 0.29) is 0 Å². The third kappa shape index (κ3) is 1.31. The fourth-order valence-corrected chi connectivity index (χ4v) is 2.89. The molecule has 2 fully saturated rings. The van der Waals surface area contributed by atoms with Gasteiger partial charge in [-0.1, -0.05) is 13.3 Å². The summed E-state index contributed by atoms with van der Waals surface area (Å²) in [5, 5.41) is 0. The Morgan fingerprint density at radius 2 is 1.64 bits per heavy atom. The maximum atomic E-state index is 2.63. The molecule has 0 radical (unpaired) electrons. The molecule has 11 heavy (non-hydrogen) atoms. The molecule has 2 heterocycles. The zero-order valence-electron chi connectivity index (χ0n) is 7.71.